The molecule has 11 heteroatoms. The van der Waals surface area contributed by atoms with Crippen molar-refractivity contribution >= 4 is 97.4 Å². The second kappa shape index (κ2) is 10.1. The quantitative estimate of drug-likeness (QED) is 0.156. The van der Waals surface area contributed by atoms with Gasteiger partial charge in [-0.05, 0) is 74.2 Å². The molecule has 1 unspecified atom stereocenters. The number of carbonyl (C=O) groups excluding carboxylic acids is 3. The minimum absolute atomic E-state index is 0.123. The monoisotopic (exact) mass is 673 g/mol. The minimum Gasteiger partial charge on any atom is -0.475 e. The van der Waals surface area contributed by atoms with Crippen LogP contribution in [0.2, 0.25) is 0 Å². The second-order valence-corrected chi connectivity index (χ2v) is 7.83. The molecule has 1 aromatic rings. The molecule has 0 bridgehead atoms. The fraction of sp³-hybridized carbons (Fsp3) is 0.308. The zero-order valence-corrected chi connectivity index (χ0v) is 18.8. The number of carbonyl (C=O) groups is 2. The number of primary amides is 1. The molecule has 0 fully saturated rings. The summed E-state index contributed by atoms with van der Waals surface area (Å²) in [6.45, 7) is 0.746. The highest BCUT2D eigenvalue weighted by Gasteiger charge is 2.26. The zero-order valence-electron chi connectivity index (χ0n) is 12.3. The van der Waals surface area contributed by atoms with Gasteiger partial charge in [0.05, 0.1) is 34.7 Å². The number of rotatable bonds is 7. The molecule has 24 heavy (non-hydrogen) atoms. The van der Waals surface area contributed by atoms with Crippen LogP contribution in [0.5, 0.6) is 0 Å². The highest BCUT2D eigenvalue weighted by atomic mass is 127. The summed E-state index contributed by atoms with van der Waals surface area (Å²) in [7, 11) is 0. The number of nitrogens with two attached hydrogens (primary N) is 1. The van der Waals surface area contributed by atoms with Gasteiger partial charge in [-0.1, -0.05) is 0 Å². The maximum atomic E-state index is 12.5. The van der Waals surface area contributed by atoms with E-state index in [-0.39, 0.29) is 18.0 Å². The summed E-state index contributed by atoms with van der Waals surface area (Å²) in [5.74, 6) is -0.796. The molecule has 0 aliphatic heterocycles. The van der Waals surface area contributed by atoms with Crippen LogP contribution in [0.3, 0.4) is 0 Å². The van der Waals surface area contributed by atoms with Gasteiger partial charge in [0.1, 0.15) is 5.69 Å². The van der Waals surface area contributed by atoms with Gasteiger partial charge >= 0.3 is 0 Å². The van der Waals surface area contributed by atoms with Gasteiger partial charge in [-0.2, -0.15) is 0 Å². The Bertz CT molecular complexity index is 669. The Morgan fingerprint density at radius 2 is 1.88 bits per heavy atom. The lowest BCUT2D eigenvalue weighted by atomic mass is 10.1. The molecule has 1 aromatic carbocycles. The first-order chi connectivity index (χ1) is 11.2. The Morgan fingerprint density at radius 1 is 1.25 bits per heavy atom. The van der Waals surface area contributed by atoms with E-state index in [0.717, 1.165) is 0 Å². The largest absolute Gasteiger partial charge is 0.475 e. The van der Waals surface area contributed by atoms with E-state index in [0.29, 0.717) is 22.1 Å². The Morgan fingerprint density at radius 3 is 2.38 bits per heavy atom. The van der Waals surface area contributed by atoms with Crippen LogP contribution in [0.4, 0.5) is 11.4 Å². The fourth-order valence-electron chi connectivity index (χ4n) is 1.72. The summed E-state index contributed by atoms with van der Waals surface area (Å²) in [5.41, 5.74) is 1.17. The van der Waals surface area contributed by atoms with E-state index in [4.69, 9.17) is 5.11 Å². The van der Waals surface area contributed by atoms with Crippen molar-refractivity contribution in [2.75, 3.05) is 18.5 Å². The van der Waals surface area contributed by atoms with Gasteiger partial charge in [0, 0.05) is 13.5 Å². The van der Waals surface area contributed by atoms with Crippen molar-refractivity contribution in [2.45, 2.75) is 13.0 Å². The van der Waals surface area contributed by atoms with Crippen molar-refractivity contribution in [3.05, 3.63) is 16.3 Å². The summed E-state index contributed by atoms with van der Waals surface area (Å²) in [6, 6.07) is 0. The van der Waals surface area contributed by atoms with Crippen LogP contribution in [0.15, 0.2) is 0 Å². The highest BCUT2D eigenvalue weighted by molar-refractivity contribution is 14.1. The Kier molecular flexibility index (Phi) is 9.28. The van der Waals surface area contributed by atoms with Gasteiger partial charge in [0.2, 0.25) is 5.91 Å². The summed E-state index contributed by atoms with van der Waals surface area (Å²) in [4.78, 5) is 34.7. The van der Waals surface area contributed by atoms with Gasteiger partial charge in [-0.15, -0.1) is 0 Å². The molecule has 0 aliphatic rings. The first kappa shape index (κ1) is 21.9. The minimum atomic E-state index is -1.07. The molecule has 0 spiro atoms. The summed E-state index contributed by atoms with van der Waals surface area (Å²) in [5, 5.41) is 24.6. The molecule has 0 heterocycles. The number of halogens is 3. The average molecular weight is 673 g/mol. The first-order valence-electron chi connectivity index (χ1n) is 6.50. The van der Waals surface area contributed by atoms with Gasteiger partial charge < -0.3 is 31.0 Å². The van der Waals surface area contributed by atoms with E-state index >= 15 is 0 Å². The number of hydrogen-bond donors (Lipinski definition) is 5. The normalized spacial score (nSPS) is 11.8. The van der Waals surface area contributed by atoms with Crippen molar-refractivity contribution < 1.29 is 29.9 Å². The number of amides is 3. The molecule has 0 saturated carbocycles. The van der Waals surface area contributed by atoms with Crippen LogP contribution in [-0.4, -0.2) is 47.7 Å². The highest BCUT2D eigenvalue weighted by Crippen LogP contribution is 2.36. The Hall–Kier alpha value is -0.100. The van der Waals surface area contributed by atoms with Gasteiger partial charge in [-0.25, -0.2) is 0 Å². The summed E-state index contributed by atoms with van der Waals surface area (Å²) < 4.78 is 1.65. The summed E-state index contributed by atoms with van der Waals surface area (Å²) in [6.07, 6.45) is 0.615. The van der Waals surface area contributed by atoms with Gasteiger partial charge in [0.25, 0.3) is 5.91 Å². The molecule has 132 valence electrons. The molecule has 6 N–H and O–H groups in total. The first-order valence-corrected chi connectivity index (χ1v) is 9.74. The van der Waals surface area contributed by atoms with Crippen LogP contribution in [0.1, 0.15) is 17.3 Å². The van der Waals surface area contributed by atoms with E-state index in [1.807, 2.05) is 67.8 Å². The van der Waals surface area contributed by atoms with E-state index in [1.165, 1.54) is 12.2 Å². The molecule has 0 aliphatic carbocycles. The lowest BCUT2D eigenvalue weighted by Gasteiger charge is -2.18. The van der Waals surface area contributed by atoms with Gasteiger partial charge in [-0.3, -0.25) is 9.59 Å². The maximum Gasteiger partial charge on any atom is 0.253 e. The number of benzene rings is 1. The van der Waals surface area contributed by atoms with Crippen molar-refractivity contribution in [3.8, 4) is 0 Å². The van der Waals surface area contributed by atoms with Crippen LogP contribution in [0, 0.1) is 10.7 Å². The van der Waals surface area contributed by atoms with E-state index in [9.17, 15) is 19.5 Å². The van der Waals surface area contributed by atoms with Crippen molar-refractivity contribution in [1.82, 2.24) is 5.32 Å². The molecule has 1 rings (SSSR count). The maximum absolute atomic E-state index is 12.5. The number of hydrogen-bond acceptors (Lipinski definition) is 5. The fourth-order valence-corrected chi connectivity index (χ4v) is 5.95. The van der Waals surface area contributed by atoms with Crippen molar-refractivity contribution in [1.29, 1.82) is 0 Å². The molecule has 1 atom stereocenters. The number of aliphatic hydroxyl groups is 2. The molecule has 0 radical (unpaired) electrons. The molecule has 0 saturated heterocycles. The SMILES string of the molecule is CC(=O)Nc1c(I)c([NH2+][C-]=O)c(I)c(C(=O)NCC(O)CO)c1I. The number of anilines is 1. The molecule has 8 nitrogen and oxygen atoms in total. The van der Waals surface area contributed by atoms with E-state index < -0.39 is 18.6 Å². The molecule has 0 aromatic heterocycles. The topological polar surface area (TPSA) is 132 Å². The number of nitrogens with one attached hydrogen (secondary N) is 2. The lowest BCUT2D eigenvalue weighted by molar-refractivity contribution is -0.443. The Labute approximate surface area is 178 Å². The van der Waals surface area contributed by atoms with Crippen LogP contribution in [-0.2, 0) is 9.59 Å². The average Bonchev–Trinajstić information content (AvgIpc) is 2.53. The number of aliphatic hydroxyl groups excluding tert-OH is 2. The standard InChI is InChI=1S/C13H14I3N3O5/c1-5(22)19-12-9(15)7(13(24)17-2-6(23)3-20)8(14)11(10(12)16)18-4-21/h6,20,23H,2-3,18H2,1H3,(H,17,24)(H,19,22). The third-order valence-electron chi connectivity index (χ3n) is 2.79. The smallest absolute Gasteiger partial charge is 0.253 e. The van der Waals surface area contributed by atoms with Crippen LogP contribution < -0.4 is 16.0 Å². The predicted octanol–water partition coefficient (Wildman–Crippen LogP) is -0.196. The van der Waals surface area contributed by atoms with Crippen LogP contribution in [0.25, 0.3) is 0 Å². The third kappa shape index (κ3) is 5.45. The van der Waals surface area contributed by atoms with Crippen molar-refractivity contribution in [2.24, 2.45) is 0 Å². The Balaban J connectivity index is 3.41. The third-order valence-corrected chi connectivity index (χ3v) is 6.11. The van der Waals surface area contributed by atoms with Crippen molar-refractivity contribution in [3.63, 3.8) is 0 Å². The number of quaternary nitrogens is 1. The molecular weight excluding hydrogens is 659 g/mol. The lowest BCUT2D eigenvalue weighted by Crippen LogP contribution is -2.77. The zero-order chi connectivity index (χ0) is 18.4. The second-order valence-electron chi connectivity index (χ2n) is 4.60. The van der Waals surface area contributed by atoms with Crippen LogP contribution >= 0.6 is 67.8 Å². The summed E-state index contributed by atoms with van der Waals surface area (Å²) >= 11 is 5.87. The molecule has 3 amide bonds. The van der Waals surface area contributed by atoms with E-state index in [2.05, 4.69) is 10.6 Å². The predicted molar refractivity (Wildman–Crippen MR) is 112 cm³/mol. The van der Waals surface area contributed by atoms with E-state index in [1.54, 1.807) is 6.41 Å². The van der Waals surface area contributed by atoms with Gasteiger partial charge in [0.15, 0.2) is 0 Å². The molecular formula is C13H14I3N3O5.